The van der Waals surface area contributed by atoms with E-state index >= 15 is 0 Å². The molecule has 0 saturated heterocycles. The van der Waals surface area contributed by atoms with Gasteiger partial charge in [0, 0.05) is 32.4 Å². The molecule has 0 atom stereocenters. The van der Waals surface area contributed by atoms with Gasteiger partial charge in [0.05, 0.1) is 5.69 Å². The van der Waals surface area contributed by atoms with Crippen molar-refractivity contribution >= 4 is 17.3 Å². The highest BCUT2D eigenvalue weighted by molar-refractivity contribution is 7.80. The summed E-state index contributed by atoms with van der Waals surface area (Å²) in [5, 5.41) is 9.95. The number of hydrogen-bond donors (Lipinski definition) is 3. The second-order valence-electron chi connectivity index (χ2n) is 3.96. The smallest absolute Gasteiger partial charge is 0.166 e. The lowest BCUT2D eigenvalue weighted by Gasteiger charge is -2.08. The molecule has 17 heavy (non-hydrogen) atoms. The number of pyridine rings is 1. The summed E-state index contributed by atoms with van der Waals surface area (Å²) in [6.45, 7) is 6.56. The highest BCUT2D eigenvalue weighted by Gasteiger charge is 1.97. The average Bonchev–Trinajstić information content (AvgIpc) is 2.27. The number of hydrogen-bond acceptors (Lipinski definition) is 3. The Morgan fingerprint density at radius 1 is 1.29 bits per heavy atom. The third kappa shape index (κ3) is 5.60. The Kier molecular flexibility index (Phi) is 5.86. The largest absolute Gasteiger partial charge is 0.366 e. The molecule has 1 aromatic rings. The van der Waals surface area contributed by atoms with E-state index in [-0.39, 0.29) is 0 Å². The summed E-state index contributed by atoms with van der Waals surface area (Å²) in [7, 11) is 1.81. The Labute approximate surface area is 108 Å². The van der Waals surface area contributed by atoms with E-state index in [4.69, 9.17) is 12.2 Å². The van der Waals surface area contributed by atoms with Gasteiger partial charge in [-0.2, -0.15) is 0 Å². The highest BCUT2D eigenvalue weighted by Crippen LogP contribution is 2.03. The highest BCUT2D eigenvalue weighted by atomic mass is 32.1. The monoisotopic (exact) mass is 252 g/mol. The summed E-state index contributed by atoms with van der Waals surface area (Å²) in [5.41, 5.74) is 3.40. The van der Waals surface area contributed by atoms with Crippen LogP contribution >= 0.6 is 12.2 Å². The molecule has 0 bridgehead atoms. The predicted octanol–water partition coefficient (Wildman–Crippen LogP) is 0.882. The lowest BCUT2D eigenvalue weighted by Crippen LogP contribution is -2.37. The molecular formula is C12H20N4S. The van der Waals surface area contributed by atoms with Crippen molar-refractivity contribution in [1.29, 1.82) is 0 Å². The molecule has 94 valence electrons. The summed E-state index contributed by atoms with van der Waals surface area (Å²) >= 11 is 4.97. The second kappa shape index (κ2) is 7.19. The molecule has 1 rings (SSSR count). The van der Waals surface area contributed by atoms with Crippen LogP contribution in [-0.4, -0.2) is 30.2 Å². The first-order chi connectivity index (χ1) is 8.11. The number of aromatic nitrogens is 1. The van der Waals surface area contributed by atoms with E-state index in [0.717, 1.165) is 31.0 Å². The number of nitrogens with one attached hydrogen (secondary N) is 3. The van der Waals surface area contributed by atoms with E-state index in [1.54, 1.807) is 0 Å². The summed E-state index contributed by atoms with van der Waals surface area (Å²) < 4.78 is 0. The van der Waals surface area contributed by atoms with Crippen molar-refractivity contribution in [3.63, 3.8) is 0 Å². The molecule has 0 spiro atoms. The number of aryl methyl sites for hydroxylation is 2. The molecule has 3 N–H and O–H groups in total. The molecular weight excluding hydrogens is 232 g/mol. The topological polar surface area (TPSA) is 49.0 Å². The third-order valence-electron chi connectivity index (χ3n) is 2.27. The minimum absolute atomic E-state index is 0.677. The fourth-order valence-electron chi connectivity index (χ4n) is 1.58. The van der Waals surface area contributed by atoms with Gasteiger partial charge in [0.15, 0.2) is 5.11 Å². The van der Waals surface area contributed by atoms with Crippen LogP contribution in [-0.2, 0) is 6.54 Å². The van der Waals surface area contributed by atoms with Crippen molar-refractivity contribution in [1.82, 2.24) is 20.9 Å². The van der Waals surface area contributed by atoms with Crippen LogP contribution in [0.2, 0.25) is 0 Å². The van der Waals surface area contributed by atoms with Gasteiger partial charge in [-0.1, -0.05) is 0 Å². The Bertz CT molecular complexity index is 359. The lowest BCUT2D eigenvalue weighted by molar-refractivity contribution is 0.658. The standard InChI is InChI=1S/C12H20N4S/c1-9-6-10(2)16-11(7-9)8-14-4-5-15-12(17)13-3/h6-7,14H,4-5,8H2,1-3H3,(H2,13,15,17). The summed E-state index contributed by atoms with van der Waals surface area (Å²) in [5.74, 6) is 0. The van der Waals surface area contributed by atoms with Crippen molar-refractivity contribution in [2.75, 3.05) is 20.1 Å². The molecule has 0 amide bonds. The van der Waals surface area contributed by atoms with E-state index < -0.39 is 0 Å². The Hall–Kier alpha value is -1.20. The zero-order valence-electron chi connectivity index (χ0n) is 10.6. The molecule has 1 aromatic heterocycles. The first-order valence-electron chi connectivity index (χ1n) is 5.72. The molecule has 0 saturated carbocycles. The van der Waals surface area contributed by atoms with E-state index in [1.807, 2.05) is 14.0 Å². The predicted molar refractivity (Wildman–Crippen MR) is 75.1 cm³/mol. The Morgan fingerprint density at radius 2 is 2.06 bits per heavy atom. The van der Waals surface area contributed by atoms with Gasteiger partial charge in [-0.05, 0) is 43.8 Å². The Balaban J connectivity index is 2.24. The van der Waals surface area contributed by atoms with Gasteiger partial charge in [0.2, 0.25) is 0 Å². The van der Waals surface area contributed by atoms with Crippen LogP contribution in [0.15, 0.2) is 12.1 Å². The van der Waals surface area contributed by atoms with Gasteiger partial charge in [0.25, 0.3) is 0 Å². The minimum atomic E-state index is 0.677. The molecule has 5 heteroatoms. The molecule has 0 aromatic carbocycles. The molecule has 0 unspecified atom stereocenters. The van der Waals surface area contributed by atoms with Crippen molar-refractivity contribution in [3.05, 3.63) is 29.1 Å². The third-order valence-corrected chi connectivity index (χ3v) is 2.62. The van der Waals surface area contributed by atoms with E-state index in [0.29, 0.717) is 5.11 Å². The average molecular weight is 252 g/mol. The zero-order chi connectivity index (χ0) is 12.7. The normalized spacial score (nSPS) is 10.1. The fourth-order valence-corrected chi connectivity index (χ4v) is 1.69. The lowest BCUT2D eigenvalue weighted by atomic mass is 10.2. The minimum Gasteiger partial charge on any atom is -0.366 e. The quantitative estimate of drug-likeness (QED) is 0.536. The first kappa shape index (κ1) is 13.9. The van der Waals surface area contributed by atoms with Crippen LogP contribution in [0.3, 0.4) is 0 Å². The van der Waals surface area contributed by atoms with Crippen LogP contribution in [0.4, 0.5) is 0 Å². The zero-order valence-corrected chi connectivity index (χ0v) is 11.4. The van der Waals surface area contributed by atoms with Crippen molar-refractivity contribution in [2.45, 2.75) is 20.4 Å². The van der Waals surface area contributed by atoms with Gasteiger partial charge < -0.3 is 16.0 Å². The first-order valence-corrected chi connectivity index (χ1v) is 6.13. The van der Waals surface area contributed by atoms with Gasteiger partial charge in [0.1, 0.15) is 0 Å². The molecule has 4 nitrogen and oxygen atoms in total. The van der Waals surface area contributed by atoms with Gasteiger partial charge in [-0.3, -0.25) is 4.98 Å². The molecule has 0 aliphatic heterocycles. The molecule has 0 aliphatic carbocycles. The molecule has 1 heterocycles. The molecule has 0 aliphatic rings. The molecule has 0 fully saturated rings. The maximum Gasteiger partial charge on any atom is 0.166 e. The van der Waals surface area contributed by atoms with Crippen molar-refractivity contribution in [3.8, 4) is 0 Å². The van der Waals surface area contributed by atoms with Gasteiger partial charge >= 0.3 is 0 Å². The van der Waals surface area contributed by atoms with Gasteiger partial charge in [-0.25, -0.2) is 0 Å². The van der Waals surface area contributed by atoms with Crippen molar-refractivity contribution in [2.24, 2.45) is 0 Å². The van der Waals surface area contributed by atoms with Crippen LogP contribution < -0.4 is 16.0 Å². The number of nitrogens with zero attached hydrogens (tertiary/aromatic N) is 1. The summed E-state index contributed by atoms with van der Waals surface area (Å²) in [6, 6.07) is 4.18. The molecule has 0 radical (unpaired) electrons. The summed E-state index contributed by atoms with van der Waals surface area (Å²) in [6.07, 6.45) is 0. The second-order valence-corrected chi connectivity index (χ2v) is 4.37. The van der Waals surface area contributed by atoms with Crippen LogP contribution in [0.5, 0.6) is 0 Å². The SMILES string of the molecule is CNC(=S)NCCNCc1cc(C)cc(C)n1. The number of rotatable bonds is 5. The van der Waals surface area contributed by atoms with E-state index in [2.05, 4.69) is 40.0 Å². The van der Waals surface area contributed by atoms with Crippen LogP contribution in [0.1, 0.15) is 17.0 Å². The van der Waals surface area contributed by atoms with Crippen LogP contribution in [0.25, 0.3) is 0 Å². The van der Waals surface area contributed by atoms with Crippen molar-refractivity contribution < 1.29 is 0 Å². The Morgan fingerprint density at radius 3 is 2.71 bits per heavy atom. The number of thiocarbonyl (C=S) groups is 1. The maximum absolute atomic E-state index is 4.97. The fraction of sp³-hybridized carbons (Fsp3) is 0.500. The van der Waals surface area contributed by atoms with Crippen LogP contribution in [0, 0.1) is 13.8 Å². The van der Waals surface area contributed by atoms with Gasteiger partial charge in [-0.15, -0.1) is 0 Å². The van der Waals surface area contributed by atoms with E-state index in [9.17, 15) is 0 Å². The summed E-state index contributed by atoms with van der Waals surface area (Å²) in [4.78, 5) is 4.46. The maximum atomic E-state index is 4.97. The van der Waals surface area contributed by atoms with E-state index in [1.165, 1.54) is 5.56 Å².